The van der Waals surface area contributed by atoms with Gasteiger partial charge in [-0.1, -0.05) is 6.07 Å². The average molecular weight is 473 g/mol. The number of hydrogen-bond donors (Lipinski definition) is 5. The van der Waals surface area contributed by atoms with Crippen molar-refractivity contribution in [3.05, 3.63) is 71.2 Å². The molecule has 5 N–H and O–H groups in total. The SMILES string of the molecule is CCNC(=O)c1cnc(Nc2ccc3c(c2)CNCC32CC2)cc1Nc1ccnc(C(C)(C)O)c1. The lowest BCUT2D eigenvalue weighted by Gasteiger charge is -2.26. The Bertz CT molecular complexity index is 1260. The Morgan fingerprint density at radius 1 is 1.11 bits per heavy atom. The summed E-state index contributed by atoms with van der Waals surface area (Å²) in [5.74, 6) is 0.419. The van der Waals surface area contributed by atoms with Gasteiger partial charge in [0.15, 0.2) is 0 Å². The standard InChI is InChI=1S/C27H32N6O2/c1-4-29-25(34)20-15-31-24(13-22(20)32-19-7-10-30-23(12-19)26(2,3)35)33-18-5-6-21-17(11-18)14-28-16-27(21)8-9-27/h5-7,10-13,15,28,35H,4,8-9,14,16H2,1-3H3,(H,29,34)(H2,30,31,32,33). The molecule has 1 aliphatic heterocycles. The minimum absolute atomic E-state index is 0.208. The van der Waals surface area contributed by atoms with Crippen molar-refractivity contribution in [2.75, 3.05) is 23.7 Å². The fourth-order valence-corrected chi connectivity index (χ4v) is 4.67. The molecule has 0 atom stereocenters. The van der Waals surface area contributed by atoms with E-state index in [-0.39, 0.29) is 5.91 Å². The van der Waals surface area contributed by atoms with E-state index in [9.17, 15) is 9.90 Å². The van der Waals surface area contributed by atoms with Crippen molar-refractivity contribution in [3.8, 4) is 0 Å². The zero-order valence-electron chi connectivity index (χ0n) is 20.4. The van der Waals surface area contributed by atoms with E-state index in [2.05, 4.69) is 49.4 Å². The van der Waals surface area contributed by atoms with Crippen LogP contribution in [0.4, 0.5) is 22.9 Å². The molecule has 1 fully saturated rings. The summed E-state index contributed by atoms with van der Waals surface area (Å²) in [6.07, 6.45) is 5.71. The monoisotopic (exact) mass is 472 g/mol. The van der Waals surface area contributed by atoms with Gasteiger partial charge in [0.05, 0.1) is 16.9 Å². The van der Waals surface area contributed by atoms with Gasteiger partial charge in [-0.2, -0.15) is 0 Å². The van der Waals surface area contributed by atoms with Crippen molar-refractivity contribution in [2.24, 2.45) is 0 Å². The number of carbonyl (C=O) groups excluding carboxylic acids is 1. The van der Waals surface area contributed by atoms with Gasteiger partial charge in [-0.3, -0.25) is 9.78 Å². The molecule has 1 amide bonds. The molecule has 1 saturated carbocycles. The number of hydrogen-bond acceptors (Lipinski definition) is 7. The lowest BCUT2D eigenvalue weighted by Crippen LogP contribution is -2.33. The lowest BCUT2D eigenvalue weighted by molar-refractivity contribution is 0.0739. The number of fused-ring (bicyclic) bond motifs is 2. The number of pyridine rings is 2. The number of aromatic nitrogens is 2. The van der Waals surface area contributed by atoms with Crippen molar-refractivity contribution < 1.29 is 9.90 Å². The first-order valence-corrected chi connectivity index (χ1v) is 12.1. The number of nitrogens with one attached hydrogen (secondary N) is 4. The van der Waals surface area contributed by atoms with Crippen LogP contribution in [-0.4, -0.2) is 34.1 Å². The molecule has 1 aromatic carbocycles. The summed E-state index contributed by atoms with van der Waals surface area (Å²) in [6, 6.07) is 11.9. The van der Waals surface area contributed by atoms with Gasteiger partial charge in [0.2, 0.25) is 0 Å². The van der Waals surface area contributed by atoms with E-state index in [4.69, 9.17) is 0 Å². The average Bonchev–Trinajstić information content (AvgIpc) is 3.59. The third kappa shape index (κ3) is 4.85. The Hall–Kier alpha value is -3.49. The fourth-order valence-electron chi connectivity index (χ4n) is 4.67. The molecule has 0 bridgehead atoms. The third-order valence-corrected chi connectivity index (χ3v) is 6.73. The zero-order valence-corrected chi connectivity index (χ0v) is 20.4. The van der Waals surface area contributed by atoms with E-state index in [1.54, 1.807) is 38.4 Å². The summed E-state index contributed by atoms with van der Waals surface area (Å²) < 4.78 is 0. The van der Waals surface area contributed by atoms with Crippen LogP contribution < -0.4 is 21.3 Å². The third-order valence-electron chi connectivity index (χ3n) is 6.73. The van der Waals surface area contributed by atoms with Crippen molar-refractivity contribution in [2.45, 2.75) is 51.2 Å². The highest BCUT2D eigenvalue weighted by Gasteiger charge is 2.46. The van der Waals surface area contributed by atoms with E-state index < -0.39 is 5.60 Å². The second kappa shape index (κ2) is 8.94. The molecule has 3 aromatic rings. The summed E-state index contributed by atoms with van der Waals surface area (Å²) in [7, 11) is 0. The highest BCUT2D eigenvalue weighted by atomic mass is 16.3. The number of nitrogens with zero attached hydrogens (tertiary/aromatic N) is 2. The van der Waals surface area contributed by atoms with E-state index >= 15 is 0 Å². The summed E-state index contributed by atoms with van der Waals surface area (Å²) >= 11 is 0. The molecular weight excluding hydrogens is 440 g/mol. The quantitative estimate of drug-likeness (QED) is 0.352. The smallest absolute Gasteiger partial charge is 0.254 e. The molecule has 35 heavy (non-hydrogen) atoms. The summed E-state index contributed by atoms with van der Waals surface area (Å²) in [4.78, 5) is 21.5. The first kappa shape index (κ1) is 23.3. The van der Waals surface area contributed by atoms with Gasteiger partial charge in [-0.25, -0.2) is 4.98 Å². The molecule has 0 unspecified atom stereocenters. The maximum Gasteiger partial charge on any atom is 0.254 e. The van der Waals surface area contributed by atoms with Gasteiger partial charge in [-0.05, 0) is 69.0 Å². The van der Waals surface area contributed by atoms with Crippen LogP contribution in [0.5, 0.6) is 0 Å². The van der Waals surface area contributed by atoms with Crippen molar-refractivity contribution in [3.63, 3.8) is 0 Å². The van der Waals surface area contributed by atoms with Crippen molar-refractivity contribution in [1.29, 1.82) is 0 Å². The Morgan fingerprint density at radius 3 is 2.66 bits per heavy atom. The van der Waals surface area contributed by atoms with Crippen molar-refractivity contribution >= 4 is 28.8 Å². The Balaban J connectivity index is 1.44. The molecule has 8 nitrogen and oxygen atoms in total. The molecule has 5 rings (SSSR count). The van der Waals surface area contributed by atoms with Crippen LogP contribution in [0.15, 0.2) is 48.8 Å². The number of carbonyl (C=O) groups is 1. The molecule has 1 spiro atoms. The Labute approximate surface area is 205 Å². The van der Waals surface area contributed by atoms with Crippen LogP contribution >= 0.6 is 0 Å². The summed E-state index contributed by atoms with van der Waals surface area (Å²) in [5, 5.41) is 23.4. The molecule has 3 heterocycles. The first-order valence-electron chi connectivity index (χ1n) is 12.1. The molecule has 8 heteroatoms. The van der Waals surface area contributed by atoms with Crippen LogP contribution in [-0.2, 0) is 17.6 Å². The van der Waals surface area contributed by atoms with Crippen molar-refractivity contribution in [1.82, 2.24) is 20.6 Å². The number of benzene rings is 1. The van der Waals surface area contributed by atoms with Gasteiger partial charge in [0, 0.05) is 54.9 Å². The Kier molecular flexibility index (Phi) is 5.94. The van der Waals surface area contributed by atoms with E-state index in [0.717, 1.165) is 24.5 Å². The minimum atomic E-state index is -1.08. The number of rotatable bonds is 7. The van der Waals surface area contributed by atoms with E-state index in [0.29, 0.717) is 34.7 Å². The normalized spacial score (nSPS) is 15.9. The highest BCUT2D eigenvalue weighted by molar-refractivity contribution is 6.00. The number of anilines is 4. The van der Waals surface area contributed by atoms with Gasteiger partial charge >= 0.3 is 0 Å². The van der Waals surface area contributed by atoms with Gasteiger partial charge in [0.25, 0.3) is 5.91 Å². The number of aliphatic hydroxyl groups is 1. The molecule has 0 radical (unpaired) electrons. The van der Waals surface area contributed by atoms with Crippen LogP contribution in [0, 0.1) is 0 Å². The maximum atomic E-state index is 12.7. The second-order valence-electron chi connectivity index (χ2n) is 9.97. The molecule has 2 aromatic heterocycles. The van der Waals surface area contributed by atoms with Crippen LogP contribution in [0.2, 0.25) is 0 Å². The minimum Gasteiger partial charge on any atom is -0.384 e. The maximum absolute atomic E-state index is 12.7. The lowest BCUT2D eigenvalue weighted by atomic mass is 9.88. The summed E-state index contributed by atoms with van der Waals surface area (Å²) in [5.41, 5.74) is 5.30. The molecular formula is C27H32N6O2. The largest absolute Gasteiger partial charge is 0.384 e. The van der Waals surface area contributed by atoms with Crippen LogP contribution in [0.3, 0.4) is 0 Å². The summed E-state index contributed by atoms with van der Waals surface area (Å²) in [6.45, 7) is 7.70. The topological polar surface area (TPSA) is 111 Å². The predicted molar refractivity (Wildman–Crippen MR) is 137 cm³/mol. The fraction of sp³-hybridized carbons (Fsp3) is 0.370. The molecule has 182 valence electrons. The number of amides is 1. The van der Waals surface area contributed by atoms with E-state index in [1.165, 1.54) is 24.0 Å². The second-order valence-corrected chi connectivity index (χ2v) is 9.97. The highest BCUT2D eigenvalue weighted by Crippen LogP contribution is 2.50. The molecule has 2 aliphatic rings. The zero-order chi connectivity index (χ0) is 24.6. The first-order chi connectivity index (χ1) is 16.8. The molecule has 0 saturated heterocycles. The van der Waals surface area contributed by atoms with E-state index in [1.807, 2.05) is 13.0 Å². The predicted octanol–water partition coefficient (Wildman–Crippen LogP) is 4.08. The van der Waals surface area contributed by atoms with Gasteiger partial charge in [0.1, 0.15) is 11.4 Å². The van der Waals surface area contributed by atoms with Crippen LogP contribution in [0.1, 0.15) is 60.8 Å². The molecule has 1 aliphatic carbocycles. The van der Waals surface area contributed by atoms with Gasteiger partial charge in [-0.15, -0.1) is 0 Å². The van der Waals surface area contributed by atoms with Crippen LogP contribution in [0.25, 0.3) is 0 Å². The Morgan fingerprint density at radius 2 is 1.91 bits per heavy atom. The van der Waals surface area contributed by atoms with Gasteiger partial charge < -0.3 is 26.4 Å².